The molecule has 1 aliphatic rings. The lowest BCUT2D eigenvalue weighted by atomic mass is 9.82. The number of carbonyl (C=O) groups excluding carboxylic acids is 2. The molecular weight excluding hydrogens is 442 g/mol. The van der Waals surface area contributed by atoms with E-state index in [9.17, 15) is 14.9 Å². The van der Waals surface area contributed by atoms with E-state index in [1.165, 1.54) is 11.8 Å². The maximum atomic E-state index is 13.4. The Morgan fingerprint density at radius 1 is 0.941 bits per heavy atom. The number of hydrogen-bond donors (Lipinski definition) is 2. The highest BCUT2D eigenvalue weighted by Crippen LogP contribution is 2.41. The summed E-state index contributed by atoms with van der Waals surface area (Å²) in [4.78, 5) is 26.0. The van der Waals surface area contributed by atoms with E-state index >= 15 is 0 Å². The van der Waals surface area contributed by atoms with Crippen LogP contribution in [0.2, 0.25) is 0 Å². The Morgan fingerprint density at radius 2 is 1.53 bits per heavy atom. The molecule has 34 heavy (non-hydrogen) atoms. The molecule has 0 saturated carbocycles. The van der Waals surface area contributed by atoms with E-state index < -0.39 is 5.92 Å². The number of anilines is 1. The van der Waals surface area contributed by atoms with E-state index in [2.05, 4.69) is 16.7 Å². The van der Waals surface area contributed by atoms with Crippen LogP contribution in [-0.2, 0) is 4.79 Å². The summed E-state index contributed by atoms with van der Waals surface area (Å²) in [5.41, 5.74) is 3.68. The Morgan fingerprint density at radius 3 is 2.15 bits per heavy atom. The average molecular weight is 466 g/mol. The minimum Gasteiger partial charge on any atom is -0.353 e. The predicted octanol–water partition coefficient (Wildman–Crippen LogP) is 5.64. The molecule has 3 aromatic rings. The Balaban J connectivity index is 1.67. The SMILES string of the molecule is CC1=C(C(=O)Nc2ccccc2)C(c2ccccc2)C(C#N)=C(SCC(=O)c2ccccc2)N1. The summed E-state index contributed by atoms with van der Waals surface area (Å²) in [7, 11) is 0. The average Bonchev–Trinajstić information content (AvgIpc) is 2.88. The van der Waals surface area contributed by atoms with Crippen LogP contribution in [0.5, 0.6) is 0 Å². The second-order valence-corrected chi connectivity index (χ2v) is 8.75. The Kier molecular flexibility index (Phi) is 7.26. The molecule has 168 valence electrons. The van der Waals surface area contributed by atoms with E-state index in [1.807, 2.05) is 85.8 Å². The summed E-state index contributed by atoms with van der Waals surface area (Å²) in [5, 5.41) is 16.9. The van der Waals surface area contributed by atoms with Crippen molar-refractivity contribution >= 4 is 29.1 Å². The first-order valence-corrected chi connectivity index (χ1v) is 11.8. The third kappa shape index (κ3) is 5.11. The Labute approximate surface area is 203 Å². The van der Waals surface area contributed by atoms with Gasteiger partial charge >= 0.3 is 0 Å². The number of para-hydroxylation sites is 1. The highest BCUT2D eigenvalue weighted by atomic mass is 32.2. The van der Waals surface area contributed by atoms with Crippen molar-refractivity contribution in [3.8, 4) is 6.07 Å². The summed E-state index contributed by atoms with van der Waals surface area (Å²) in [6.07, 6.45) is 0. The van der Waals surface area contributed by atoms with Crippen molar-refractivity contribution in [1.82, 2.24) is 5.32 Å². The van der Waals surface area contributed by atoms with E-state index in [0.29, 0.717) is 33.1 Å². The Hall–Kier alpha value is -4.08. The zero-order valence-corrected chi connectivity index (χ0v) is 19.4. The van der Waals surface area contributed by atoms with Crippen LogP contribution in [0.25, 0.3) is 0 Å². The lowest BCUT2D eigenvalue weighted by Gasteiger charge is -2.29. The number of allylic oxidation sites excluding steroid dienone is 2. The number of dihydropyridines is 1. The molecule has 1 aliphatic heterocycles. The number of benzene rings is 3. The number of thioether (sulfide) groups is 1. The highest BCUT2D eigenvalue weighted by Gasteiger charge is 2.34. The van der Waals surface area contributed by atoms with E-state index in [4.69, 9.17) is 0 Å². The standard InChI is InChI=1S/C28H23N3O2S/c1-19-25(27(33)31-22-15-9-4-10-16-22)26(21-13-7-3-8-14-21)23(17-29)28(30-19)34-18-24(32)20-11-5-2-6-12-20/h2-16,26,30H,18H2,1H3,(H,31,33). The topological polar surface area (TPSA) is 82.0 Å². The van der Waals surface area contributed by atoms with Crippen molar-refractivity contribution in [2.45, 2.75) is 12.8 Å². The monoisotopic (exact) mass is 465 g/mol. The normalized spacial score (nSPS) is 15.4. The summed E-state index contributed by atoms with van der Waals surface area (Å²) in [6.45, 7) is 1.82. The fourth-order valence-electron chi connectivity index (χ4n) is 3.87. The molecule has 6 heteroatoms. The maximum Gasteiger partial charge on any atom is 0.254 e. The molecule has 1 amide bonds. The van der Waals surface area contributed by atoms with Crippen molar-refractivity contribution < 1.29 is 9.59 Å². The van der Waals surface area contributed by atoms with Crippen LogP contribution in [-0.4, -0.2) is 17.4 Å². The maximum absolute atomic E-state index is 13.4. The van der Waals surface area contributed by atoms with Crippen molar-refractivity contribution in [3.05, 3.63) is 124 Å². The third-order valence-corrected chi connectivity index (χ3v) is 6.52. The molecule has 0 aromatic heterocycles. The second kappa shape index (κ2) is 10.7. The van der Waals surface area contributed by atoms with Crippen LogP contribution in [0.1, 0.15) is 28.8 Å². The van der Waals surface area contributed by atoms with Gasteiger partial charge in [-0.3, -0.25) is 9.59 Å². The number of ketones is 1. The van der Waals surface area contributed by atoms with Crippen LogP contribution in [0.15, 0.2) is 113 Å². The first kappa shape index (κ1) is 23.1. The van der Waals surface area contributed by atoms with Gasteiger partial charge in [0, 0.05) is 22.5 Å². The van der Waals surface area contributed by atoms with Gasteiger partial charge in [-0.15, -0.1) is 0 Å². The minimum absolute atomic E-state index is 0.0253. The molecule has 1 heterocycles. The van der Waals surface area contributed by atoms with Crippen molar-refractivity contribution in [3.63, 3.8) is 0 Å². The van der Waals surface area contributed by atoms with Gasteiger partial charge in [0.2, 0.25) is 0 Å². The van der Waals surface area contributed by atoms with Crippen LogP contribution < -0.4 is 10.6 Å². The molecule has 0 bridgehead atoms. The van der Waals surface area contributed by atoms with Gasteiger partial charge in [0.15, 0.2) is 5.78 Å². The molecule has 1 atom stereocenters. The fraction of sp³-hybridized carbons (Fsp3) is 0.107. The number of nitrogens with zero attached hydrogens (tertiary/aromatic N) is 1. The van der Waals surface area contributed by atoms with Crippen LogP contribution in [0.3, 0.4) is 0 Å². The predicted molar refractivity (Wildman–Crippen MR) is 136 cm³/mol. The van der Waals surface area contributed by atoms with E-state index in [1.54, 1.807) is 12.1 Å². The lowest BCUT2D eigenvalue weighted by molar-refractivity contribution is -0.113. The van der Waals surface area contributed by atoms with E-state index in [0.717, 1.165) is 5.56 Å². The Bertz CT molecular complexity index is 1290. The smallest absolute Gasteiger partial charge is 0.254 e. The lowest BCUT2D eigenvalue weighted by Crippen LogP contribution is -2.31. The number of hydrogen-bond acceptors (Lipinski definition) is 5. The summed E-state index contributed by atoms with van der Waals surface area (Å²) < 4.78 is 0. The van der Waals surface area contributed by atoms with Gasteiger partial charge in [-0.25, -0.2) is 0 Å². The molecule has 0 radical (unpaired) electrons. The van der Waals surface area contributed by atoms with Gasteiger partial charge in [-0.05, 0) is 24.6 Å². The largest absolute Gasteiger partial charge is 0.353 e. The molecule has 0 aliphatic carbocycles. The van der Waals surface area contributed by atoms with Crippen LogP contribution in [0.4, 0.5) is 5.69 Å². The zero-order valence-electron chi connectivity index (χ0n) is 18.6. The van der Waals surface area contributed by atoms with Crippen molar-refractivity contribution in [2.24, 2.45) is 0 Å². The molecule has 5 nitrogen and oxygen atoms in total. The fourth-order valence-corrected chi connectivity index (χ4v) is 4.86. The second-order valence-electron chi connectivity index (χ2n) is 7.76. The molecule has 0 fully saturated rings. The number of Topliss-reactive ketones (excluding diaryl/α,β-unsaturated/α-hetero) is 1. The highest BCUT2D eigenvalue weighted by molar-refractivity contribution is 8.03. The minimum atomic E-state index is -0.550. The number of nitrogens with one attached hydrogen (secondary N) is 2. The number of rotatable bonds is 7. The van der Waals surface area contributed by atoms with Gasteiger partial charge in [-0.2, -0.15) is 5.26 Å². The molecule has 1 unspecified atom stereocenters. The van der Waals surface area contributed by atoms with Crippen LogP contribution in [0, 0.1) is 11.3 Å². The first-order chi connectivity index (χ1) is 16.6. The van der Waals surface area contributed by atoms with Gasteiger partial charge in [-0.1, -0.05) is 90.6 Å². The molecule has 0 spiro atoms. The number of carbonyl (C=O) groups is 2. The molecule has 3 aromatic carbocycles. The summed E-state index contributed by atoms with van der Waals surface area (Å²) >= 11 is 1.28. The first-order valence-electron chi connectivity index (χ1n) is 10.8. The van der Waals surface area contributed by atoms with E-state index in [-0.39, 0.29) is 17.4 Å². The van der Waals surface area contributed by atoms with Crippen molar-refractivity contribution in [2.75, 3.05) is 11.1 Å². The molecular formula is C28H23N3O2S. The molecule has 4 rings (SSSR count). The quantitative estimate of drug-likeness (QED) is 0.442. The van der Waals surface area contributed by atoms with Gasteiger partial charge in [0.25, 0.3) is 5.91 Å². The van der Waals surface area contributed by atoms with Gasteiger partial charge < -0.3 is 10.6 Å². The van der Waals surface area contributed by atoms with Crippen molar-refractivity contribution in [1.29, 1.82) is 5.26 Å². The number of amides is 1. The summed E-state index contributed by atoms with van der Waals surface area (Å²) in [5.74, 6) is -0.673. The number of nitriles is 1. The van der Waals surface area contributed by atoms with Crippen LogP contribution >= 0.6 is 11.8 Å². The van der Waals surface area contributed by atoms with Gasteiger partial charge in [0.05, 0.1) is 28.3 Å². The molecule has 2 N–H and O–H groups in total. The zero-order chi connectivity index (χ0) is 23.9. The third-order valence-electron chi connectivity index (χ3n) is 5.50. The summed E-state index contributed by atoms with van der Waals surface area (Å²) in [6, 6.07) is 30.1. The molecule has 0 saturated heterocycles. The van der Waals surface area contributed by atoms with Gasteiger partial charge in [0.1, 0.15) is 0 Å².